The summed E-state index contributed by atoms with van der Waals surface area (Å²) < 4.78 is 0. The zero-order chi connectivity index (χ0) is 19.7. The highest BCUT2D eigenvalue weighted by Gasteiger charge is 2.26. The number of halogens is 1. The summed E-state index contributed by atoms with van der Waals surface area (Å²) in [6, 6.07) is 25.2. The Morgan fingerprint density at radius 1 is 1.00 bits per heavy atom. The van der Waals surface area contributed by atoms with Crippen LogP contribution in [0.15, 0.2) is 85.1 Å². The molecule has 1 heterocycles. The summed E-state index contributed by atoms with van der Waals surface area (Å²) >= 11 is 12.0. The van der Waals surface area contributed by atoms with Crippen molar-refractivity contribution in [3.8, 4) is 11.1 Å². The molecule has 28 heavy (non-hydrogen) atoms. The quantitative estimate of drug-likeness (QED) is 0.436. The number of thiocarbonyl (C=S) groups is 1. The van der Waals surface area contributed by atoms with Gasteiger partial charge < -0.3 is 4.90 Å². The number of nitrogens with zero attached hydrogens (tertiary/aromatic N) is 1. The highest BCUT2D eigenvalue weighted by Crippen LogP contribution is 2.36. The molecular formula is C25H22ClNS. The molecule has 1 aliphatic rings. The van der Waals surface area contributed by atoms with Crippen molar-refractivity contribution in [2.75, 3.05) is 11.9 Å². The first-order valence-electron chi connectivity index (χ1n) is 9.42. The van der Waals surface area contributed by atoms with E-state index in [1.54, 1.807) is 0 Å². The van der Waals surface area contributed by atoms with Crippen LogP contribution >= 0.6 is 23.8 Å². The number of benzene rings is 3. The lowest BCUT2D eigenvalue weighted by Gasteiger charge is -2.26. The largest absolute Gasteiger partial charge is 0.348 e. The SMILES string of the molecule is C=C1C(Cc2cccc(-c3ccccc3)c2)CC(=S)c2cc(Cl)ccc2N1C. The van der Waals surface area contributed by atoms with Crippen LogP contribution in [0.5, 0.6) is 0 Å². The lowest BCUT2D eigenvalue weighted by molar-refractivity contribution is 0.628. The fourth-order valence-corrected chi connectivity index (χ4v) is 4.42. The van der Waals surface area contributed by atoms with Crippen LogP contribution in [-0.4, -0.2) is 11.9 Å². The topological polar surface area (TPSA) is 3.24 Å². The van der Waals surface area contributed by atoms with Crippen molar-refractivity contribution in [1.82, 2.24) is 0 Å². The van der Waals surface area contributed by atoms with Crippen molar-refractivity contribution in [3.05, 3.63) is 101 Å². The second kappa shape index (κ2) is 7.90. The van der Waals surface area contributed by atoms with Gasteiger partial charge in [-0.25, -0.2) is 0 Å². The number of hydrogen-bond acceptors (Lipinski definition) is 2. The lowest BCUT2D eigenvalue weighted by atomic mass is 9.90. The highest BCUT2D eigenvalue weighted by atomic mass is 35.5. The fourth-order valence-electron chi connectivity index (χ4n) is 3.89. The minimum Gasteiger partial charge on any atom is -0.348 e. The van der Waals surface area contributed by atoms with Crippen LogP contribution in [0.2, 0.25) is 5.02 Å². The molecule has 0 aliphatic carbocycles. The van der Waals surface area contributed by atoms with E-state index in [0.29, 0.717) is 5.02 Å². The molecule has 0 spiro atoms. The molecule has 0 fully saturated rings. The van der Waals surface area contributed by atoms with Crippen molar-refractivity contribution in [3.63, 3.8) is 0 Å². The van der Waals surface area contributed by atoms with Crippen LogP contribution in [0.3, 0.4) is 0 Å². The molecule has 1 unspecified atom stereocenters. The van der Waals surface area contributed by atoms with Gasteiger partial charge in [-0.05, 0) is 47.7 Å². The second-order valence-electron chi connectivity index (χ2n) is 7.31. The number of allylic oxidation sites excluding steroid dienone is 1. The average Bonchev–Trinajstić information content (AvgIpc) is 2.80. The first-order chi connectivity index (χ1) is 13.5. The molecule has 0 radical (unpaired) electrons. The first kappa shape index (κ1) is 18.9. The molecule has 1 nitrogen and oxygen atoms in total. The first-order valence-corrected chi connectivity index (χ1v) is 10.2. The Labute approximate surface area is 177 Å². The van der Waals surface area contributed by atoms with Crippen LogP contribution in [0, 0.1) is 5.92 Å². The molecule has 140 valence electrons. The predicted octanol–water partition coefficient (Wildman–Crippen LogP) is 6.94. The third kappa shape index (κ3) is 3.76. The summed E-state index contributed by atoms with van der Waals surface area (Å²) in [4.78, 5) is 3.11. The number of rotatable bonds is 3. The molecule has 3 heteroatoms. The Morgan fingerprint density at radius 3 is 2.54 bits per heavy atom. The van der Waals surface area contributed by atoms with Crippen LogP contribution < -0.4 is 4.90 Å². The van der Waals surface area contributed by atoms with Gasteiger partial charge in [0.15, 0.2) is 0 Å². The van der Waals surface area contributed by atoms with Gasteiger partial charge in [0, 0.05) is 39.8 Å². The smallest absolute Gasteiger partial charge is 0.0491 e. The Morgan fingerprint density at radius 2 is 1.75 bits per heavy atom. The zero-order valence-corrected chi connectivity index (χ0v) is 17.4. The molecule has 1 aliphatic heterocycles. The van der Waals surface area contributed by atoms with Crippen molar-refractivity contribution in [2.45, 2.75) is 12.8 Å². The van der Waals surface area contributed by atoms with Gasteiger partial charge in [-0.2, -0.15) is 0 Å². The molecule has 0 bridgehead atoms. The number of fused-ring (bicyclic) bond motifs is 1. The maximum Gasteiger partial charge on any atom is 0.0491 e. The lowest BCUT2D eigenvalue weighted by Crippen LogP contribution is -2.22. The minimum absolute atomic E-state index is 0.259. The normalized spacial score (nSPS) is 16.6. The van der Waals surface area contributed by atoms with E-state index in [2.05, 4.69) is 67.1 Å². The van der Waals surface area contributed by atoms with E-state index in [0.717, 1.165) is 34.7 Å². The summed E-state index contributed by atoms with van der Waals surface area (Å²) in [5.41, 5.74) is 7.00. The van der Waals surface area contributed by atoms with Crippen molar-refractivity contribution in [1.29, 1.82) is 0 Å². The maximum atomic E-state index is 6.22. The van der Waals surface area contributed by atoms with Gasteiger partial charge in [-0.3, -0.25) is 0 Å². The third-order valence-corrected chi connectivity index (χ3v) is 6.09. The van der Waals surface area contributed by atoms with E-state index in [1.165, 1.54) is 16.7 Å². The van der Waals surface area contributed by atoms with E-state index in [-0.39, 0.29) is 5.92 Å². The van der Waals surface area contributed by atoms with Crippen LogP contribution in [0.1, 0.15) is 17.5 Å². The van der Waals surface area contributed by atoms with Crippen molar-refractivity contribution >= 4 is 34.4 Å². The summed E-state index contributed by atoms with van der Waals surface area (Å²) in [6.07, 6.45) is 1.72. The molecule has 1 atom stereocenters. The van der Waals surface area contributed by atoms with E-state index in [1.807, 2.05) is 24.3 Å². The summed E-state index contributed by atoms with van der Waals surface area (Å²) in [5.74, 6) is 0.259. The number of hydrogen-bond donors (Lipinski definition) is 0. The van der Waals surface area contributed by atoms with Gasteiger partial charge in [0.05, 0.1) is 0 Å². The van der Waals surface area contributed by atoms with Gasteiger partial charge >= 0.3 is 0 Å². The highest BCUT2D eigenvalue weighted by molar-refractivity contribution is 7.80. The summed E-state index contributed by atoms with van der Waals surface area (Å²) in [7, 11) is 2.07. The molecule has 0 amide bonds. The second-order valence-corrected chi connectivity index (χ2v) is 8.24. The van der Waals surface area contributed by atoms with Gasteiger partial charge in [0.25, 0.3) is 0 Å². The molecule has 3 aromatic rings. The summed E-state index contributed by atoms with van der Waals surface area (Å²) in [6.45, 7) is 4.40. The van der Waals surface area contributed by atoms with Crippen molar-refractivity contribution in [2.24, 2.45) is 5.92 Å². The standard InChI is InChI=1S/C25H22ClNS/c1-17-21(15-25(28)23-16-22(26)11-12-24(23)27(17)2)14-18-7-6-10-20(13-18)19-8-4-3-5-9-19/h3-13,16,21H,1,14-15H2,2H3. The van der Waals surface area contributed by atoms with Gasteiger partial charge in [-0.15, -0.1) is 0 Å². The monoisotopic (exact) mass is 403 g/mol. The van der Waals surface area contributed by atoms with E-state index in [9.17, 15) is 0 Å². The Bertz CT molecular complexity index is 1040. The molecular weight excluding hydrogens is 382 g/mol. The van der Waals surface area contributed by atoms with Crippen molar-refractivity contribution < 1.29 is 0 Å². The molecule has 3 aromatic carbocycles. The van der Waals surface area contributed by atoms with Crippen LogP contribution in [0.25, 0.3) is 11.1 Å². The number of anilines is 1. The molecule has 0 saturated heterocycles. The van der Waals surface area contributed by atoms with Gasteiger partial charge in [0.1, 0.15) is 0 Å². The molecule has 0 saturated carbocycles. The Kier molecular flexibility index (Phi) is 5.34. The summed E-state index contributed by atoms with van der Waals surface area (Å²) in [5, 5.41) is 0.717. The van der Waals surface area contributed by atoms with Gasteiger partial charge in [-0.1, -0.05) is 85.0 Å². The maximum absolute atomic E-state index is 6.22. The predicted molar refractivity (Wildman–Crippen MR) is 124 cm³/mol. The Hall–Kier alpha value is -2.42. The molecule has 0 N–H and O–H groups in total. The van der Waals surface area contributed by atoms with E-state index in [4.69, 9.17) is 23.8 Å². The van der Waals surface area contributed by atoms with Crippen LogP contribution in [-0.2, 0) is 6.42 Å². The zero-order valence-electron chi connectivity index (χ0n) is 15.9. The van der Waals surface area contributed by atoms with Crippen LogP contribution in [0.4, 0.5) is 5.69 Å². The van der Waals surface area contributed by atoms with E-state index < -0.39 is 0 Å². The Balaban J connectivity index is 1.63. The minimum atomic E-state index is 0.259. The molecule has 4 rings (SSSR count). The fraction of sp³-hybridized carbons (Fsp3) is 0.160. The van der Waals surface area contributed by atoms with E-state index >= 15 is 0 Å². The average molecular weight is 404 g/mol. The third-order valence-electron chi connectivity index (χ3n) is 5.47. The van der Waals surface area contributed by atoms with Gasteiger partial charge in [0.2, 0.25) is 0 Å². The molecule has 0 aromatic heterocycles.